The molecule has 8 heteroatoms. The number of thiazole rings is 1. The van der Waals surface area contributed by atoms with Crippen LogP contribution in [0.25, 0.3) is 11.3 Å². The van der Waals surface area contributed by atoms with Crippen LogP contribution in [0, 0.1) is 0 Å². The third kappa shape index (κ3) is 5.16. The Balaban J connectivity index is 1.27. The molecule has 150 valence electrons. The fraction of sp³-hybridized carbons (Fsp3) is 0.0455. The van der Waals surface area contributed by atoms with E-state index in [0.29, 0.717) is 10.8 Å². The molecule has 0 aliphatic heterocycles. The Bertz CT molecular complexity index is 1120. The van der Waals surface area contributed by atoms with E-state index in [2.05, 4.69) is 15.6 Å². The maximum absolute atomic E-state index is 12.2. The van der Waals surface area contributed by atoms with Gasteiger partial charge in [-0.15, -0.1) is 23.1 Å². The second kappa shape index (κ2) is 9.43. The summed E-state index contributed by atoms with van der Waals surface area (Å²) in [6.45, 7) is 0. The highest BCUT2D eigenvalue weighted by atomic mass is 32.2. The first-order chi connectivity index (χ1) is 14.7. The molecule has 2 amide bonds. The van der Waals surface area contributed by atoms with Crippen molar-refractivity contribution in [3.05, 3.63) is 84.1 Å². The Morgan fingerprint density at radius 3 is 2.50 bits per heavy atom. The molecule has 2 N–H and O–H groups in total. The number of carbonyl (C=O) groups excluding carboxylic acids is 2. The van der Waals surface area contributed by atoms with Gasteiger partial charge in [0, 0.05) is 21.5 Å². The molecule has 2 heterocycles. The zero-order chi connectivity index (χ0) is 20.8. The smallest absolute Gasteiger partial charge is 0.291 e. The van der Waals surface area contributed by atoms with E-state index in [1.165, 1.54) is 29.4 Å². The molecule has 4 rings (SSSR count). The normalized spacial score (nSPS) is 10.5. The second-order valence-corrected chi connectivity index (χ2v) is 8.10. The quantitative estimate of drug-likeness (QED) is 0.381. The van der Waals surface area contributed by atoms with Crippen LogP contribution in [-0.2, 0) is 4.79 Å². The van der Waals surface area contributed by atoms with Crippen LogP contribution in [-0.4, -0.2) is 22.6 Å². The van der Waals surface area contributed by atoms with Gasteiger partial charge in [-0.25, -0.2) is 4.98 Å². The van der Waals surface area contributed by atoms with Crippen LogP contribution in [0.5, 0.6) is 0 Å². The van der Waals surface area contributed by atoms with Crippen molar-refractivity contribution in [1.29, 1.82) is 0 Å². The average Bonchev–Trinajstić information content (AvgIpc) is 3.46. The molecule has 4 aromatic rings. The fourth-order valence-corrected chi connectivity index (χ4v) is 4.05. The zero-order valence-corrected chi connectivity index (χ0v) is 17.3. The summed E-state index contributed by atoms with van der Waals surface area (Å²) in [5.74, 6) is 0.0863. The Morgan fingerprint density at radius 1 is 0.967 bits per heavy atom. The van der Waals surface area contributed by atoms with E-state index in [-0.39, 0.29) is 23.3 Å². The number of amides is 2. The van der Waals surface area contributed by atoms with Gasteiger partial charge in [-0.1, -0.05) is 30.3 Å². The molecule has 30 heavy (non-hydrogen) atoms. The van der Waals surface area contributed by atoms with Crippen LogP contribution >= 0.6 is 23.1 Å². The minimum Gasteiger partial charge on any atom is -0.459 e. The lowest BCUT2D eigenvalue weighted by Crippen LogP contribution is -2.13. The second-order valence-electron chi connectivity index (χ2n) is 6.20. The first-order valence-corrected chi connectivity index (χ1v) is 10.9. The van der Waals surface area contributed by atoms with Gasteiger partial charge in [0.15, 0.2) is 10.9 Å². The minimum absolute atomic E-state index is 0.121. The maximum Gasteiger partial charge on any atom is 0.291 e. The fourth-order valence-electron chi connectivity index (χ4n) is 2.61. The van der Waals surface area contributed by atoms with Crippen molar-refractivity contribution in [3.8, 4) is 11.3 Å². The number of nitrogens with one attached hydrogen (secondary N) is 2. The van der Waals surface area contributed by atoms with Gasteiger partial charge in [0.1, 0.15) is 0 Å². The molecule has 0 spiro atoms. The van der Waals surface area contributed by atoms with Crippen LogP contribution in [0.15, 0.2) is 87.7 Å². The highest BCUT2D eigenvalue weighted by molar-refractivity contribution is 8.00. The Morgan fingerprint density at radius 2 is 1.77 bits per heavy atom. The predicted molar refractivity (Wildman–Crippen MR) is 120 cm³/mol. The van der Waals surface area contributed by atoms with E-state index >= 15 is 0 Å². The number of aromatic nitrogens is 1. The maximum atomic E-state index is 12.2. The van der Waals surface area contributed by atoms with Crippen molar-refractivity contribution >= 4 is 45.7 Å². The topological polar surface area (TPSA) is 84.2 Å². The summed E-state index contributed by atoms with van der Waals surface area (Å²) in [5, 5.41) is 8.10. The molecule has 6 nitrogen and oxygen atoms in total. The molecule has 0 saturated heterocycles. The molecule has 0 radical (unpaired) electrons. The molecule has 0 aliphatic rings. The van der Waals surface area contributed by atoms with Crippen LogP contribution in [0.4, 0.5) is 10.8 Å². The molecular formula is C22H17N3O3S2. The highest BCUT2D eigenvalue weighted by Gasteiger charge is 2.10. The molecular weight excluding hydrogens is 418 g/mol. The molecule has 0 unspecified atom stereocenters. The lowest BCUT2D eigenvalue weighted by Gasteiger charge is -2.05. The van der Waals surface area contributed by atoms with Gasteiger partial charge in [-0.05, 0) is 36.4 Å². The number of rotatable bonds is 7. The summed E-state index contributed by atoms with van der Waals surface area (Å²) >= 11 is 2.81. The number of thioether (sulfide) groups is 1. The van der Waals surface area contributed by atoms with Gasteiger partial charge in [-0.2, -0.15) is 0 Å². The lowest BCUT2D eigenvalue weighted by molar-refractivity contribution is -0.113. The molecule has 0 aliphatic carbocycles. The predicted octanol–water partition coefficient (Wildman–Crippen LogP) is 5.39. The van der Waals surface area contributed by atoms with Crippen molar-refractivity contribution < 1.29 is 14.0 Å². The van der Waals surface area contributed by atoms with Gasteiger partial charge in [-0.3, -0.25) is 9.59 Å². The molecule has 0 atom stereocenters. The Hall–Kier alpha value is -3.36. The monoisotopic (exact) mass is 435 g/mol. The number of nitrogens with zero attached hydrogens (tertiary/aromatic N) is 1. The van der Waals surface area contributed by atoms with Gasteiger partial charge >= 0.3 is 0 Å². The minimum atomic E-state index is -0.307. The summed E-state index contributed by atoms with van der Waals surface area (Å²) in [6, 6.07) is 20.4. The SMILES string of the molecule is O=C(CSc1ccc(NC(=O)c2ccco2)cc1)Nc1nc(-c2ccccc2)cs1. The number of benzene rings is 2. The number of anilines is 2. The lowest BCUT2D eigenvalue weighted by atomic mass is 10.2. The number of furan rings is 1. The molecule has 0 bridgehead atoms. The average molecular weight is 436 g/mol. The van der Waals surface area contributed by atoms with Gasteiger partial charge in [0.25, 0.3) is 5.91 Å². The summed E-state index contributed by atoms with van der Waals surface area (Å²) < 4.78 is 5.07. The standard InChI is InChI=1S/C22H17N3O3S2/c26-20(25-22-24-18(13-30-22)15-5-2-1-3-6-15)14-29-17-10-8-16(9-11-17)23-21(27)19-7-4-12-28-19/h1-13H,14H2,(H,23,27)(H,24,25,26). The van der Waals surface area contributed by atoms with Crippen molar-refractivity contribution in [2.75, 3.05) is 16.4 Å². The van der Waals surface area contributed by atoms with Crippen LogP contribution < -0.4 is 10.6 Å². The van der Waals surface area contributed by atoms with Gasteiger partial charge < -0.3 is 15.1 Å². The Kier molecular flexibility index (Phi) is 6.26. The van der Waals surface area contributed by atoms with Crippen molar-refractivity contribution in [1.82, 2.24) is 4.98 Å². The van der Waals surface area contributed by atoms with Crippen LogP contribution in [0.1, 0.15) is 10.6 Å². The van der Waals surface area contributed by atoms with Crippen molar-refractivity contribution in [2.24, 2.45) is 0 Å². The molecule has 2 aromatic heterocycles. The van der Waals surface area contributed by atoms with E-state index in [1.807, 2.05) is 47.8 Å². The largest absolute Gasteiger partial charge is 0.459 e. The number of hydrogen-bond donors (Lipinski definition) is 2. The van der Waals surface area contributed by atoms with Crippen LogP contribution in [0.3, 0.4) is 0 Å². The van der Waals surface area contributed by atoms with E-state index in [9.17, 15) is 9.59 Å². The zero-order valence-electron chi connectivity index (χ0n) is 15.7. The van der Waals surface area contributed by atoms with Crippen molar-refractivity contribution in [3.63, 3.8) is 0 Å². The third-order valence-electron chi connectivity index (χ3n) is 4.05. The third-order valence-corrected chi connectivity index (χ3v) is 5.82. The van der Waals surface area contributed by atoms with E-state index in [4.69, 9.17) is 4.42 Å². The number of hydrogen-bond acceptors (Lipinski definition) is 6. The number of carbonyl (C=O) groups is 2. The summed E-state index contributed by atoms with van der Waals surface area (Å²) in [5.41, 5.74) is 2.51. The van der Waals surface area contributed by atoms with Crippen LogP contribution in [0.2, 0.25) is 0 Å². The molecule has 2 aromatic carbocycles. The summed E-state index contributed by atoms with van der Waals surface area (Å²) in [4.78, 5) is 29.6. The summed E-state index contributed by atoms with van der Waals surface area (Å²) in [7, 11) is 0. The van der Waals surface area contributed by atoms with E-state index < -0.39 is 0 Å². The van der Waals surface area contributed by atoms with E-state index in [1.54, 1.807) is 24.3 Å². The molecule has 0 fully saturated rings. The van der Waals surface area contributed by atoms with E-state index in [0.717, 1.165) is 16.2 Å². The Labute approximate surface area is 181 Å². The summed E-state index contributed by atoms with van der Waals surface area (Å²) in [6.07, 6.45) is 1.45. The van der Waals surface area contributed by atoms with Gasteiger partial charge in [0.2, 0.25) is 5.91 Å². The molecule has 0 saturated carbocycles. The first kappa shape index (κ1) is 19.9. The van der Waals surface area contributed by atoms with Gasteiger partial charge in [0.05, 0.1) is 17.7 Å². The first-order valence-electron chi connectivity index (χ1n) is 9.06. The van der Waals surface area contributed by atoms with Crippen molar-refractivity contribution in [2.45, 2.75) is 4.90 Å². The highest BCUT2D eigenvalue weighted by Crippen LogP contribution is 2.25.